The minimum Gasteiger partial charge on any atom is -0.416 e. The lowest BCUT2D eigenvalue weighted by Crippen LogP contribution is -2.49. The first kappa shape index (κ1) is 22.7. The molecule has 1 fully saturated rings. The summed E-state index contributed by atoms with van der Waals surface area (Å²) < 4.78 is 5.72. The number of nitrogens with one attached hydrogen (secondary N) is 1. The average molecular weight is 497 g/mol. The fourth-order valence-corrected chi connectivity index (χ4v) is 4.93. The Kier molecular flexibility index (Phi) is 6.73. The summed E-state index contributed by atoms with van der Waals surface area (Å²) in [6.45, 7) is 5.00. The van der Waals surface area contributed by atoms with Gasteiger partial charge in [0.25, 0.3) is 5.22 Å². The van der Waals surface area contributed by atoms with E-state index in [1.54, 1.807) is 0 Å². The van der Waals surface area contributed by atoms with Crippen LogP contribution in [0.3, 0.4) is 0 Å². The van der Waals surface area contributed by atoms with Gasteiger partial charge < -0.3 is 19.2 Å². The lowest BCUT2D eigenvalue weighted by Gasteiger charge is -2.36. The SMILES string of the molecule is Cc1ccc(Cl)cc1N1CCN(C(=O)CSc2nnc(CCc3nc4ccccc4[nH]3)o2)CC1. The van der Waals surface area contributed by atoms with E-state index in [1.807, 2.05) is 47.4 Å². The fraction of sp³-hybridized carbons (Fsp3) is 0.333. The van der Waals surface area contributed by atoms with E-state index in [4.69, 9.17) is 16.0 Å². The number of aromatic nitrogens is 4. The van der Waals surface area contributed by atoms with E-state index >= 15 is 0 Å². The summed E-state index contributed by atoms with van der Waals surface area (Å²) in [5, 5.41) is 9.34. The van der Waals surface area contributed by atoms with Crippen LogP contribution in [0.15, 0.2) is 52.1 Å². The number of fused-ring (bicyclic) bond motifs is 1. The zero-order valence-corrected chi connectivity index (χ0v) is 20.4. The Hall–Kier alpha value is -3.04. The van der Waals surface area contributed by atoms with Crippen molar-refractivity contribution in [2.75, 3.05) is 36.8 Å². The molecule has 0 radical (unpaired) electrons. The van der Waals surface area contributed by atoms with Gasteiger partial charge in [-0.2, -0.15) is 0 Å². The number of nitrogens with zero attached hydrogens (tertiary/aromatic N) is 5. The van der Waals surface area contributed by atoms with Gasteiger partial charge in [-0.1, -0.05) is 41.6 Å². The van der Waals surface area contributed by atoms with Crippen LogP contribution < -0.4 is 4.90 Å². The van der Waals surface area contributed by atoms with Gasteiger partial charge in [0.15, 0.2) is 0 Å². The van der Waals surface area contributed by atoms with Crippen molar-refractivity contribution < 1.29 is 9.21 Å². The largest absolute Gasteiger partial charge is 0.416 e. The number of aromatic amines is 1. The summed E-state index contributed by atoms with van der Waals surface area (Å²) in [5.41, 5.74) is 4.28. The summed E-state index contributed by atoms with van der Waals surface area (Å²) in [4.78, 5) is 24.7. The number of H-pyrrole nitrogens is 1. The highest BCUT2D eigenvalue weighted by Crippen LogP contribution is 2.26. The predicted molar refractivity (Wildman–Crippen MR) is 134 cm³/mol. The third-order valence-corrected chi connectivity index (χ3v) is 6.96. The second kappa shape index (κ2) is 10.1. The van der Waals surface area contributed by atoms with Crippen LogP contribution in [-0.2, 0) is 17.6 Å². The molecule has 0 atom stereocenters. The quantitative estimate of drug-likeness (QED) is 0.384. The van der Waals surface area contributed by atoms with Crippen LogP contribution in [-0.4, -0.2) is 62.9 Å². The van der Waals surface area contributed by atoms with Gasteiger partial charge in [0.05, 0.1) is 16.8 Å². The highest BCUT2D eigenvalue weighted by molar-refractivity contribution is 7.99. The van der Waals surface area contributed by atoms with Crippen molar-refractivity contribution in [1.82, 2.24) is 25.1 Å². The Bertz CT molecular complexity index is 1260. The topological polar surface area (TPSA) is 91.1 Å². The molecule has 1 amide bonds. The molecule has 1 N–H and O–H groups in total. The van der Waals surface area contributed by atoms with E-state index < -0.39 is 0 Å². The van der Waals surface area contributed by atoms with E-state index in [0.29, 0.717) is 37.0 Å². The minimum absolute atomic E-state index is 0.0782. The highest BCUT2D eigenvalue weighted by Gasteiger charge is 2.23. The van der Waals surface area contributed by atoms with E-state index in [9.17, 15) is 4.79 Å². The van der Waals surface area contributed by atoms with Crippen LogP contribution in [0.2, 0.25) is 5.02 Å². The molecule has 8 nitrogen and oxygen atoms in total. The number of carbonyl (C=O) groups excluding carboxylic acids is 1. The van der Waals surface area contributed by atoms with Crippen LogP contribution in [0, 0.1) is 6.92 Å². The molecular formula is C24H25ClN6O2S. The van der Waals surface area contributed by atoms with E-state index in [2.05, 4.69) is 32.0 Å². The van der Waals surface area contributed by atoms with Crippen molar-refractivity contribution in [2.24, 2.45) is 0 Å². The van der Waals surface area contributed by atoms with Crippen molar-refractivity contribution in [3.05, 3.63) is 64.8 Å². The molecule has 176 valence electrons. The number of amides is 1. The maximum absolute atomic E-state index is 12.7. The Labute approximate surface area is 206 Å². The molecule has 5 rings (SSSR count). The molecule has 1 saturated heterocycles. The third kappa shape index (κ3) is 5.20. The summed E-state index contributed by atoms with van der Waals surface area (Å²) >= 11 is 7.45. The first-order valence-electron chi connectivity index (χ1n) is 11.2. The van der Waals surface area contributed by atoms with Crippen LogP contribution in [0.25, 0.3) is 11.0 Å². The Balaban J connectivity index is 1.08. The molecule has 1 aliphatic heterocycles. The number of carbonyl (C=O) groups is 1. The van der Waals surface area contributed by atoms with Crippen LogP contribution >= 0.6 is 23.4 Å². The second-order valence-electron chi connectivity index (χ2n) is 8.25. The Morgan fingerprint density at radius 3 is 2.76 bits per heavy atom. The van der Waals surface area contributed by atoms with Gasteiger partial charge >= 0.3 is 0 Å². The maximum atomic E-state index is 12.7. The monoisotopic (exact) mass is 496 g/mol. The molecule has 0 spiro atoms. The number of benzene rings is 2. The molecule has 0 bridgehead atoms. The molecule has 34 heavy (non-hydrogen) atoms. The average Bonchev–Trinajstić information content (AvgIpc) is 3.49. The van der Waals surface area contributed by atoms with Gasteiger partial charge in [0.2, 0.25) is 11.8 Å². The third-order valence-electron chi connectivity index (χ3n) is 5.93. The Morgan fingerprint density at radius 2 is 1.94 bits per heavy atom. The minimum atomic E-state index is 0.0782. The normalized spacial score (nSPS) is 14.2. The maximum Gasteiger partial charge on any atom is 0.277 e. The zero-order valence-electron chi connectivity index (χ0n) is 18.8. The van der Waals surface area contributed by atoms with Crippen molar-refractivity contribution in [3.8, 4) is 0 Å². The second-order valence-corrected chi connectivity index (χ2v) is 9.61. The first-order chi connectivity index (χ1) is 16.5. The molecule has 0 saturated carbocycles. The van der Waals surface area contributed by atoms with Gasteiger partial charge in [0.1, 0.15) is 5.82 Å². The summed E-state index contributed by atoms with van der Waals surface area (Å²) in [6.07, 6.45) is 1.27. The van der Waals surface area contributed by atoms with E-state index in [-0.39, 0.29) is 11.7 Å². The molecular weight excluding hydrogens is 472 g/mol. The molecule has 1 aliphatic rings. The fourth-order valence-electron chi connectivity index (χ4n) is 4.08. The number of hydrogen-bond donors (Lipinski definition) is 1. The Morgan fingerprint density at radius 1 is 1.12 bits per heavy atom. The van der Waals surface area contributed by atoms with Crippen molar-refractivity contribution in [1.29, 1.82) is 0 Å². The first-order valence-corrected chi connectivity index (χ1v) is 12.6. The summed E-state index contributed by atoms with van der Waals surface area (Å²) in [5.74, 6) is 1.78. The highest BCUT2D eigenvalue weighted by atomic mass is 35.5. The number of thioether (sulfide) groups is 1. The van der Waals surface area contributed by atoms with Crippen molar-refractivity contribution in [2.45, 2.75) is 25.0 Å². The number of anilines is 1. The van der Waals surface area contributed by atoms with Crippen LogP contribution in [0.4, 0.5) is 5.69 Å². The van der Waals surface area contributed by atoms with Crippen LogP contribution in [0.5, 0.6) is 0 Å². The summed E-state index contributed by atoms with van der Waals surface area (Å²) in [6, 6.07) is 13.9. The molecule has 2 aromatic heterocycles. The number of imidazole rings is 1. The number of halogens is 1. The number of aryl methyl sites for hydroxylation is 3. The van der Waals surface area contributed by atoms with Gasteiger partial charge in [0, 0.05) is 49.7 Å². The molecule has 4 aromatic rings. The van der Waals surface area contributed by atoms with Crippen LogP contribution in [0.1, 0.15) is 17.3 Å². The van der Waals surface area contributed by atoms with Gasteiger partial charge in [-0.25, -0.2) is 4.98 Å². The number of piperazine rings is 1. The van der Waals surface area contributed by atoms with Crippen molar-refractivity contribution in [3.63, 3.8) is 0 Å². The smallest absolute Gasteiger partial charge is 0.277 e. The van der Waals surface area contributed by atoms with Gasteiger partial charge in [-0.15, -0.1) is 10.2 Å². The molecule has 3 heterocycles. The van der Waals surface area contributed by atoms with Gasteiger partial charge in [-0.3, -0.25) is 4.79 Å². The predicted octanol–water partition coefficient (Wildman–Crippen LogP) is 4.13. The van der Waals surface area contributed by atoms with Gasteiger partial charge in [-0.05, 0) is 36.8 Å². The summed E-state index contributed by atoms with van der Waals surface area (Å²) in [7, 11) is 0. The molecule has 0 unspecified atom stereocenters. The number of para-hydroxylation sites is 2. The lowest BCUT2D eigenvalue weighted by molar-refractivity contribution is -0.128. The number of hydrogen-bond acceptors (Lipinski definition) is 7. The van der Waals surface area contributed by atoms with E-state index in [0.717, 1.165) is 40.7 Å². The number of rotatable bonds is 7. The molecule has 2 aromatic carbocycles. The molecule has 0 aliphatic carbocycles. The lowest BCUT2D eigenvalue weighted by atomic mass is 10.1. The standard InChI is InChI=1S/C24H25ClN6O2S/c1-16-6-7-17(25)14-20(16)30-10-12-31(13-11-30)23(32)15-34-24-29-28-22(33-24)9-8-21-26-18-4-2-3-5-19(18)27-21/h2-7,14H,8-13,15H2,1H3,(H,26,27). The zero-order chi connectivity index (χ0) is 23.5. The molecule has 10 heteroatoms. The van der Waals surface area contributed by atoms with Crippen molar-refractivity contribution >= 4 is 46.0 Å². The van der Waals surface area contributed by atoms with E-state index in [1.165, 1.54) is 17.3 Å².